The number of carbonyl (C=O) groups is 1. The summed E-state index contributed by atoms with van der Waals surface area (Å²) >= 11 is 0.886. The summed E-state index contributed by atoms with van der Waals surface area (Å²) in [6, 6.07) is 0. The van der Waals surface area contributed by atoms with Gasteiger partial charge in [0, 0.05) is 13.1 Å². The molecule has 0 atom stereocenters. The first-order chi connectivity index (χ1) is 9.03. The van der Waals surface area contributed by atoms with Crippen LogP contribution in [0.5, 0.6) is 0 Å². The molecule has 0 aliphatic carbocycles. The molecule has 0 aliphatic rings. The number of ether oxygens (including phenoxy) is 1. The van der Waals surface area contributed by atoms with E-state index >= 15 is 0 Å². The van der Waals surface area contributed by atoms with Crippen molar-refractivity contribution in [1.82, 2.24) is 15.0 Å². The van der Waals surface area contributed by atoms with Gasteiger partial charge in [0.15, 0.2) is 9.90 Å². The standard InChI is InChI=1S/C10H17N3O4S2/c1-3-4-11-5-6-13-19(15,16)10-8(9(14)17-2)12-7-18-10/h7,11,13H,3-6H2,1-2H3. The van der Waals surface area contributed by atoms with Crippen molar-refractivity contribution in [3.05, 3.63) is 11.2 Å². The molecule has 0 saturated heterocycles. The number of nitrogens with zero attached hydrogens (tertiary/aromatic N) is 1. The molecule has 9 heteroatoms. The second-order valence-electron chi connectivity index (χ2n) is 3.63. The van der Waals surface area contributed by atoms with Gasteiger partial charge in [-0.25, -0.2) is 22.9 Å². The molecular formula is C10H17N3O4S2. The van der Waals surface area contributed by atoms with Crippen molar-refractivity contribution >= 4 is 27.3 Å². The van der Waals surface area contributed by atoms with Crippen LogP contribution in [0.4, 0.5) is 0 Å². The van der Waals surface area contributed by atoms with Gasteiger partial charge in [-0.3, -0.25) is 0 Å². The number of rotatable bonds is 8. The predicted molar refractivity (Wildman–Crippen MR) is 71.8 cm³/mol. The van der Waals surface area contributed by atoms with E-state index in [1.54, 1.807) is 0 Å². The highest BCUT2D eigenvalue weighted by Crippen LogP contribution is 2.20. The zero-order chi connectivity index (χ0) is 14.3. The van der Waals surface area contributed by atoms with E-state index in [1.165, 1.54) is 12.6 Å². The molecule has 1 rings (SSSR count). The van der Waals surface area contributed by atoms with Crippen LogP contribution < -0.4 is 10.0 Å². The number of hydrogen-bond acceptors (Lipinski definition) is 7. The number of thiazole rings is 1. The molecule has 19 heavy (non-hydrogen) atoms. The van der Waals surface area contributed by atoms with Crippen molar-refractivity contribution in [1.29, 1.82) is 0 Å². The SMILES string of the molecule is CCCNCCNS(=O)(=O)c1scnc1C(=O)OC. The molecule has 1 heterocycles. The highest BCUT2D eigenvalue weighted by atomic mass is 32.2. The number of hydrogen-bond donors (Lipinski definition) is 2. The van der Waals surface area contributed by atoms with E-state index in [9.17, 15) is 13.2 Å². The van der Waals surface area contributed by atoms with Crippen molar-refractivity contribution in [2.75, 3.05) is 26.7 Å². The van der Waals surface area contributed by atoms with Crippen molar-refractivity contribution < 1.29 is 17.9 Å². The minimum Gasteiger partial charge on any atom is -0.464 e. The van der Waals surface area contributed by atoms with Crippen molar-refractivity contribution in [3.63, 3.8) is 0 Å². The van der Waals surface area contributed by atoms with E-state index in [2.05, 4.69) is 19.8 Å². The summed E-state index contributed by atoms with van der Waals surface area (Å²) in [5, 5.41) is 3.07. The fraction of sp³-hybridized carbons (Fsp3) is 0.600. The molecule has 0 bridgehead atoms. The van der Waals surface area contributed by atoms with E-state index in [0.29, 0.717) is 6.54 Å². The molecule has 0 aromatic carbocycles. The molecular weight excluding hydrogens is 290 g/mol. The number of methoxy groups -OCH3 is 1. The molecule has 7 nitrogen and oxygen atoms in total. The number of sulfonamides is 1. The minimum absolute atomic E-state index is 0.116. The zero-order valence-corrected chi connectivity index (χ0v) is 12.4. The van der Waals surface area contributed by atoms with Gasteiger partial charge < -0.3 is 10.1 Å². The molecule has 0 radical (unpaired) electrons. The molecule has 2 N–H and O–H groups in total. The Morgan fingerprint density at radius 1 is 1.42 bits per heavy atom. The van der Waals surface area contributed by atoms with E-state index in [4.69, 9.17) is 0 Å². The Morgan fingerprint density at radius 3 is 2.79 bits per heavy atom. The van der Waals surface area contributed by atoms with Crippen molar-refractivity contribution in [2.45, 2.75) is 17.6 Å². The largest absolute Gasteiger partial charge is 0.464 e. The van der Waals surface area contributed by atoms with Gasteiger partial charge in [-0.15, -0.1) is 11.3 Å². The molecule has 0 spiro atoms. The average molecular weight is 307 g/mol. The first-order valence-electron chi connectivity index (χ1n) is 5.75. The van der Waals surface area contributed by atoms with Gasteiger partial charge in [-0.05, 0) is 13.0 Å². The van der Waals surface area contributed by atoms with E-state index < -0.39 is 16.0 Å². The van der Waals surface area contributed by atoms with Gasteiger partial charge in [0.1, 0.15) is 0 Å². The first-order valence-corrected chi connectivity index (χ1v) is 8.11. The highest BCUT2D eigenvalue weighted by Gasteiger charge is 2.25. The van der Waals surface area contributed by atoms with Crippen LogP contribution in [0.15, 0.2) is 9.72 Å². The van der Waals surface area contributed by atoms with Crippen LogP contribution in [0.25, 0.3) is 0 Å². The maximum Gasteiger partial charge on any atom is 0.358 e. The van der Waals surface area contributed by atoms with Crippen LogP contribution in [0.3, 0.4) is 0 Å². The molecule has 108 valence electrons. The summed E-state index contributed by atoms with van der Waals surface area (Å²) < 4.78 is 30.8. The Hall–Kier alpha value is -1.03. The summed E-state index contributed by atoms with van der Waals surface area (Å²) in [5.74, 6) is -0.759. The minimum atomic E-state index is -3.72. The van der Waals surface area contributed by atoms with Crippen LogP contribution in [-0.2, 0) is 14.8 Å². The lowest BCUT2D eigenvalue weighted by molar-refractivity contribution is 0.0590. The van der Waals surface area contributed by atoms with Crippen LogP contribution in [0.1, 0.15) is 23.8 Å². The summed E-state index contributed by atoms with van der Waals surface area (Å²) in [7, 11) is -2.54. The van der Waals surface area contributed by atoms with Gasteiger partial charge in [-0.2, -0.15) is 0 Å². The Labute approximate surface area is 116 Å². The highest BCUT2D eigenvalue weighted by molar-refractivity contribution is 7.91. The number of aromatic nitrogens is 1. The van der Waals surface area contributed by atoms with Crippen LogP contribution in [0.2, 0.25) is 0 Å². The third-order valence-corrected chi connectivity index (χ3v) is 5.01. The number of nitrogens with one attached hydrogen (secondary N) is 2. The lowest BCUT2D eigenvalue weighted by atomic mass is 10.5. The summed E-state index contributed by atoms with van der Waals surface area (Å²) in [6.07, 6.45) is 0.980. The number of carbonyl (C=O) groups excluding carboxylic acids is 1. The Morgan fingerprint density at radius 2 is 2.16 bits per heavy atom. The number of esters is 1. The zero-order valence-electron chi connectivity index (χ0n) is 10.8. The van der Waals surface area contributed by atoms with Gasteiger partial charge in [0.2, 0.25) is 0 Å². The van der Waals surface area contributed by atoms with Crippen LogP contribution in [-0.4, -0.2) is 46.1 Å². The lowest BCUT2D eigenvalue weighted by Crippen LogP contribution is -2.32. The van der Waals surface area contributed by atoms with Gasteiger partial charge >= 0.3 is 5.97 Å². The Bertz CT molecular complexity index is 513. The van der Waals surface area contributed by atoms with E-state index in [-0.39, 0.29) is 16.4 Å². The monoisotopic (exact) mass is 307 g/mol. The first kappa shape index (κ1) is 16.0. The van der Waals surface area contributed by atoms with Crippen LogP contribution >= 0.6 is 11.3 Å². The van der Waals surface area contributed by atoms with E-state index in [1.807, 2.05) is 6.92 Å². The molecule has 0 fully saturated rings. The average Bonchev–Trinajstić information content (AvgIpc) is 2.87. The topological polar surface area (TPSA) is 97.4 Å². The quantitative estimate of drug-likeness (QED) is 0.526. The summed E-state index contributed by atoms with van der Waals surface area (Å²) in [5.41, 5.74) is 1.12. The fourth-order valence-corrected chi connectivity index (χ4v) is 3.51. The second-order valence-corrected chi connectivity index (χ2v) is 6.44. The summed E-state index contributed by atoms with van der Waals surface area (Å²) in [6.45, 7) is 3.63. The maximum atomic E-state index is 12.0. The van der Waals surface area contributed by atoms with Gasteiger partial charge in [0.05, 0.1) is 12.6 Å². The van der Waals surface area contributed by atoms with Crippen molar-refractivity contribution in [3.8, 4) is 0 Å². The third-order valence-electron chi connectivity index (χ3n) is 2.18. The lowest BCUT2D eigenvalue weighted by Gasteiger charge is -2.06. The molecule has 1 aromatic rings. The maximum absolute atomic E-state index is 12.0. The summed E-state index contributed by atoms with van der Waals surface area (Å²) in [4.78, 5) is 15.1. The molecule has 0 saturated carbocycles. The van der Waals surface area contributed by atoms with E-state index in [0.717, 1.165) is 24.3 Å². The second kappa shape index (κ2) is 7.53. The molecule has 0 unspecified atom stereocenters. The van der Waals surface area contributed by atoms with Crippen LogP contribution in [0, 0.1) is 0 Å². The smallest absolute Gasteiger partial charge is 0.358 e. The fourth-order valence-electron chi connectivity index (χ4n) is 1.30. The van der Waals surface area contributed by atoms with Gasteiger partial charge in [0.25, 0.3) is 10.0 Å². The Balaban J connectivity index is 2.67. The Kier molecular flexibility index (Phi) is 6.35. The normalized spacial score (nSPS) is 11.5. The molecule has 0 amide bonds. The van der Waals surface area contributed by atoms with Crippen molar-refractivity contribution in [2.24, 2.45) is 0 Å². The predicted octanol–water partition coefficient (Wildman–Crippen LogP) is 0.208. The van der Waals surface area contributed by atoms with Gasteiger partial charge in [-0.1, -0.05) is 6.92 Å². The third kappa shape index (κ3) is 4.53. The molecule has 1 aromatic heterocycles. The molecule has 0 aliphatic heterocycles.